The zero-order valence-electron chi connectivity index (χ0n) is 15.1. The average molecular weight is 411 g/mol. The van der Waals surface area contributed by atoms with Gasteiger partial charge in [-0.05, 0) is 31.4 Å². The number of rotatable bonds is 7. The molecule has 27 heavy (non-hydrogen) atoms. The minimum Gasteiger partial charge on any atom is -0.373 e. The zero-order chi connectivity index (χ0) is 19.4. The van der Waals surface area contributed by atoms with E-state index in [1.165, 1.54) is 16.4 Å². The van der Waals surface area contributed by atoms with Gasteiger partial charge in [-0.25, -0.2) is 13.4 Å². The molecular formula is C17H22N4O4S2. The highest BCUT2D eigenvalue weighted by Crippen LogP contribution is 2.30. The Morgan fingerprint density at radius 2 is 2.04 bits per heavy atom. The second-order valence-corrected chi connectivity index (χ2v) is 9.47. The van der Waals surface area contributed by atoms with E-state index in [9.17, 15) is 18.5 Å². The van der Waals surface area contributed by atoms with Crippen molar-refractivity contribution in [2.45, 2.75) is 44.0 Å². The predicted octanol–water partition coefficient (Wildman–Crippen LogP) is 3.40. The van der Waals surface area contributed by atoms with Crippen molar-refractivity contribution in [1.82, 2.24) is 9.29 Å². The summed E-state index contributed by atoms with van der Waals surface area (Å²) >= 11 is 1.55. The van der Waals surface area contributed by atoms with Crippen LogP contribution in [0.25, 0.3) is 0 Å². The molecule has 3 rings (SSSR count). The predicted molar refractivity (Wildman–Crippen MR) is 105 cm³/mol. The van der Waals surface area contributed by atoms with Crippen molar-refractivity contribution in [3.05, 3.63) is 44.4 Å². The summed E-state index contributed by atoms with van der Waals surface area (Å²) in [5.74, 6) is 0. The van der Waals surface area contributed by atoms with Gasteiger partial charge in [-0.2, -0.15) is 4.31 Å². The Balaban J connectivity index is 1.82. The number of aromatic nitrogens is 1. The Morgan fingerprint density at radius 1 is 1.30 bits per heavy atom. The third-order valence-electron chi connectivity index (χ3n) is 4.50. The van der Waals surface area contributed by atoms with E-state index >= 15 is 0 Å². The van der Waals surface area contributed by atoms with Crippen molar-refractivity contribution < 1.29 is 13.3 Å². The number of nitrogens with zero attached hydrogens (tertiary/aromatic N) is 3. The number of benzene rings is 1. The molecule has 0 atom stereocenters. The molecule has 0 amide bonds. The first-order valence-electron chi connectivity index (χ1n) is 8.88. The van der Waals surface area contributed by atoms with E-state index < -0.39 is 14.9 Å². The van der Waals surface area contributed by atoms with Gasteiger partial charge in [0.15, 0.2) is 0 Å². The SMILES string of the molecule is CCc1cnc(CNc2ccc(S(=O)(=O)N3CCCCC3)cc2[N+](=O)[O-])s1. The molecule has 0 unspecified atom stereocenters. The molecule has 1 aromatic heterocycles. The number of anilines is 1. The van der Waals surface area contributed by atoms with E-state index in [1.54, 1.807) is 17.5 Å². The normalized spacial score (nSPS) is 15.6. The van der Waals surface area contributed by atoms with E-state index in [2.05, 4.69) is 10.3 Å². The minimum atomic E-state index is -3.71. The summed E-state index contributed by atoms with van der Waals surface area (Å²) < 4.78 is 26.9. The average Bonchev–Trinajstić information content (AvgIpc) is 3.15. The zero-order valence-corrected chi connectivity index (χ0v) is 16.7. The lowest BCUT2D eigenvalue weighted by Crippen LogP contribution is -2.35. The van der Waals surface area contributed by atoms with Crippen LogP contribution in [0.2, 0.25) is 0 Å². The van der Waals surface area contributed by atoms with Crippen LogP contribution in [0.3, 0.4) is 0 Å². The number of hydrogen-bond donors (Lipinski definition) is 1. The highest BCUT2D eigenvalue weighted by molar-refractivity contribution is 7.89. The first-order chi connectivity index (χ1) is 12.9. The smallest absolute Gasteiger partial charge is 0.293 e. The first kappa shape index (κ1) is 19.7. The van der Waals surface area contributed by atoms with Crippen molar-refractivity contribution in [2.75, 3.05) is 18.4 Å². The molecular weight excluding hydrogens is 388 g/mol. The standard InChI is InChI=1S/C17H22N4O4S2/c1-2-13-11-19-17(26-13)12-18-15-7-6-14(10-16(15)21(22)23)27(24,25)20-8-4-3-5-9-20/h6-7,10-11,18H,2-5,8-9,12H2,1H3. The van der Waals surface area contributed by atoms with Gasteiger partial charge in [0.05, 0.1) is 16.4 Å². The molecule has 1 aromatic carbocycles. The molecule has 0 bridgehead atoms. The van der Waals surface area contributed by atoms with Gasteiger partial charge in [0, 0.05) is 30.2 Å². The largest absolute Gasteiger partial charge is 0.373 e. The number of piperidine rings is 1. The third-order valence-corrected chi connectivity index (χ3v) is 7.53. The summed E-state index contributed by atoms with van der Waals surface area (Å²) in [6.45, 7) is 3.31. The minimum absolute atomic E-state index is 0.0378. The van der Waals surface area contributed by atoms with E-state index in [-0.39, 0.29) is 16.3 Å². The fourth-order valence-corrected chi connectivity index (χ4v) is 5.33. The van der Waals surface area contributed by atoms with Crippen molar-refractivity contribution >= 4 is 32.7 Å². The molecule has 1 N–H and O–H groups in total. The Labute approximate surface area is 162 Å². The van der Waals surface area contributed by atoms with Crippen LogP contribution in [0, 0.1) is 10.1 Å². The monoisotopic (exact) mass is 410 g/mol. The van der Waals surface area contributed by atoms with Crippen LogP contribution in [-0.4, -0.2) is 35.7 Å². The molecule has 1 saturated heterocycles. The van der Waals surface area contributed by atoms with Crippen molar-refractivity contribution in [2.24, 2.45) is 0 Å². The molecule has 0 aliphatic carbocycles. The highest BCUT2D eigenvalue weighted by atomic mass is 32.2. The van der Waals surface area contributed by atoms with Gasteiger partial charge in [0.25, 0.3) is 5.69 Å². The number of nitro groups is 1. The number of nitro benzene ring substituents is 1. The number of hydrogen-bond acceptors (Lipinski definition) is 7. The molecule has 0 saturated carbocycles. The number of sulfonamides is 1. The molecule has 0 spiro atoms. The molecule has 0 radical (unpaired) electrons. The van der Waals surface area contributed by atoms with Gasteiger partial charge in [0.1, 0.15) is 10.7 Å². The summed E-state index contributed by atoms with van der Waals surface area (Å²) in [5, 5.41) is 15.3. The van der Waals surface area contributed by atoms with E-state index in [1.807, 2.05) is 6.92 Å². The van der Waals surface area contributed by atoms with Gasteiger partial charge in [0.2, 0.25) is 10.0 Å². The molecule has 2 aromatic rings. The Hall–Kier alpha value is -2.04. The lowest BCUT2D eigenvalue weighted by Gasteiger charge is -2.25. The maximum absolute atomic E-state index is 12.8. The van der Waals surface area contributed by atoms with Crippen LogP contribution in [0.1, 0.15) is 36.1 Å². The Kier molecular flexibility index (Phi) is 6.08. The summed E-state index contributed by atoms with van der Waals surface area (Å²) in [6.07, 6.45) is 5.32. The van der Waals surface area contributed by atoms with Crippen LogP contribution in [0.4, 0.5) is 11.4 Å². The maximum Gasteiger partial charge on any atom is 0.293 e. The summed E-state index contributed by atoms with van der Waals surface area (Å²) in [5.41, 5.74) is 0.0335. The molecule has 8 nitrogen and oxygen atoms in total. The van der Waals surface area contributed by atoms with Crippen LogP contribution in [-0.2, 0) is 23.0 Å². The molecule has 10 heteroatoms. The second kappa shape index (κ2) is 8.32. The van der Waals surface area contributed by atoms with E-state index in [0.717, 1.165) is 41.6 Å². The Bertz CT molecular complexity index is 921. The quantitative estimate of drug-likeness (QED) is 0.554. The van der Waals surface area contributed by atoms with Crippen molar-refractivity contribution in [3.8, 4) is 0 Å². The van der Waals surface area contributed by atoms with Crippen LogP contribution >= 0.6 is 11.3 Å². The fourth-order valence-electron chi connectivity index (χ4n) is 2.99. The van der Waals surface area contributed by atoms with Gasteiger partial charge < -0.3 is 5.32 Å². The molecule has 1 aliphatic heterocycles. The highest BCUT2D eigenvalue weighted by Gasteiger charge is 2.28. The molecule has 2 heterocycles. The lowest BCUT2D eigenvalue weighted by molar-refractivity contribution is -0.384. The molecule has 1 fully saturated rings. The van der Waals surface area contributed by atoms with Crippen LogP contribution in [0.15, 0.2) is 29.3 Å². The van der Waals surface area contributed by atoms with Crippen molar-refractivity contribution in [3.63, 3.8) is 0 Å². The summed E-state index contributed by atoms with van der Waals surface area (Å²) in [4.78, 5) is 16.3. The second-order valence-electron chi connectivity index (χ2n) is 6.33. The third kappa shape index (κ3) is 4.45. The first-order valence-corrected chi connectivity index (χ1v) is 11.1. The van der Waals surface area contributed by atoms with Gasteiger partial charge in [-0.1, -0.05) is 13.3 Å². The number of nitrogens with one attached hydrogen (secondary N) is 1. The topological polar surface area (TPSA) is 105 Å². The van der Waals surface area contributed by atoms with Crippen LogP contribution < -0.4 is 5.32 Å². The van der Waals surface area contributed by atoms with Crippen LogP contribution in [0.5, 0.6) is 0 Å². The number of aryl methyl sites for hydroxylation is 1. The van der Waals surface area contributed by atoms with Gasteiger partial charge in [-0.15, -0.1) is 11.3 Å². The van der Waals surface area contributed by atoms with Gasteiger partial charge >= 0.3 is 0 Å². The maximum atomic E-state index is 12.8. The number of thiazole rings is 1. The Morgan fingerprint density at radius 3 is 2.67 bits per heavy atom. The van der Waals surface area contributed by atoms with E-state index in [4.69, 9.17) is 0 Å². The molecule has 146 valence electrons. The van der Waals surface area contributed by atoms with E-state index in [0.29, 0.717) is 19.6 Å². The molecule has 1 aliphatic rings. The van der Waals surface area contributed by atoms with Crippen molar-refractivity contribution in [1.29, 1.82) is 0 Å². The fraction of sp³-hybridized carbons (Fsp3) is 0.471. The summed E-state index contributed by atoms with van der Waals surface area (Å²) in [6, 6.07) is 4.04. The lowest BCUT2D eigenvalue weighted by atomic mass is 10.2. The summed E-state index contributed by atoms with van der Waals surface area (Å²) in [7, 11) is -3.71. The van der Waals surface area contributed by atoms with Gasteiger partial charge in [-0.3, -0.25) is 10.1 Å².